The maximum Gasteiger partial charge on any atom is 0.317 e. The standard InChI is InChI=1S/C15H22ClN3O/c1-3-18-8-10-19(11-9-18)15(20)17-12(2)13-4-6-14(16)7-5-13/h4-7,12H,3,8-11H2,1-2H3,(H,17,20). The van der Waals surface area contributed by atoms with Crippen LogP contribution in [0, 0.1) is 0 Å². The molecule has 0 radical (unpaired) electrons. The highest BCUT2D eigenvalue weighted by Crippen LogP contribution is 2.16. The van der Waals surface area contributed by atoms with Crippen molar-refractivity contribution in [2.24, 2.45) is 0 Å². The molecule has 5 heteroatoms. The second-order valence-corrected chi connectivity index (χ2v) is 5.58. The largest absolute Gasteiger partial charge is 0.331 e. The van der Waals surface area contributed by atoms with E-state index in [4.69, 9.17) is 11.6 Å². The van der Waals surface area contributed by atoms with E-state index < -0.39 is 0 Å². The van der Waals surface area contributed by atoms with Crippen molar-refractivity contribution in [2.45, 2.75) is 19.9 Å². The summed E-state index contributed by atoms with van der Waals surface area (Å²) in [5.74, 6) is 0. The van der Waals surface area contributed by atoms with Crippen LogP contribution in [0.25, 0.3) is 0 Å². The average molecular weight is 296 g/mol. The van der Waals surface area contributed by atoms with Gasteiger partial charge in [-0.1, -0.05) is 30.7 Å². The molecule has 0 saturated carbocycles. The van der Waals surface area contributed by atoms with Crippen LogP contribution in [-0.2, 0) is 0 Å². The Morgan fingerprint density at radius 2 is 1.85 bits per heavy atom. The Morgan fingerprint density at radius 3 is 2.40 bits per heavy atom. The first-order valence-electron chi connectivity index (χ1n) is 7.13. The van der Waals surface area contributed by atoms with Crippen molar-refractivity contribution < 1.29 is 4.79 Å². The number of hydrogen-bond acceptors (Lipinski definition) is 2. The SMILES string of the molecule is CCN1CCN(C(=O)NC(C)c2ccc(Cl)cc2)CC1. The Kier molecular flexibility index (Phi) is 5.26. The number of halogens is 1. The molecule has 1 aromatic rings. The topological polar surface area (TPSA) is 35.6 Å². The fourth-order valence-corrected chi connectivity index (χ4v) is 2.50. The van der Waals surface area contributed by atoms with Gasteiger partial charge in [0.05, 0.1) is 6.04 Å². The molecule has 0 bridgehead atoms. The fraction of sp³-hybridized carbons (Fsp3) is 0.533. The van der Waals surface area contributed by atoms with Gasteiger partial charge in [0, 0.05) is 31.2 Å². The molecule has 1 heterocycles. The van der Waals surface area contributed by atoms with Gasteiger partial charge in [-0.15, -0.1) is 0 Å². The number of urea groups is 1. The van der Waals surface area contributed by atoms with Gasteiger partial charge in [-0.3, -0.25) is 0 Å². The number of hydrogen-bond donors (Lipinski definition) is 1. The maximum atomic E-state index is 12.2. The van der Waals surface area contributed by atoms with Crippen LogP contribution in [-0.4, -0.2) is 48.6 Å². The summed E-state index contributed by atoms with van der Waals surface area (Å²) in [6.45, 7) is 8.71. The lowest BCUT2D eigenvalue weighted by Crippen LogP contribution is -2.51. The van der Waals surface area contributed by atoms with Gasteiger partial charge in [-0.25, -0.2) is 4.79 Å². The van der Waals surface area contributed by atoms with Crippen LogP contribution in [0.5, 0.6) is 0 Å². The predicted molar refractivity (Wildman–Crippen MR) is 82.1 cm³/mol. The zero-order valence-corrected chi connectivity index (χ0v) is 12.9. The molecule has 4 nitrogen and oxygen atoms in total. The summed E-state index contributed by atoms with van der Waals surface area (Å²) in [5, 5.41) is 3.75. The number of nitrogens with zero attached hydrogens (tertiary/aromatic N) is 2. The van der Waals surface area contributed by atoms with Crippen LogP contribution in [0.2, 0.25) is 5.02 Å². The summed E-state index contributed by atoms with van der Waals surface area (Å²) in [4.78, 5) is 16.5. The number of piperazine rings is 1. The number of carbonyl (C=O) groups excluding carboxylic acids is 1. The van der Waals surface area contributed by atoms with Crippen molar-refractivity contribution in [3.63, 3.8) is 0 Å². The molecule has 2 rings (SSSR count). The van der Waals surface area contributed by atoms with Gasteiger partial charge in [0.2, 0.25) is 0 Å². The summed E-state index contributed by atoms with van der Waals surface area (Å²) in [5.41, 5.74) is 1.06. The highest BCUT2D eigenvalue weighted by Gasteiger charge is 2.21. The van der Waals surface area contributed by atoms with Crippen molar-refractivity contribution in [1.82, 2.24) is 15.1 Å². The number of likely N-dealkylation sites (N-methyl/N-ethyl adjacent to an activating group) is 1. The molecule has 0 aliphatic carbocycles. The molecular weight excluding hydrogens is 274 g/mol. The monoisotopic (exact) mass is 295 g/mol. The molecule has 0 spiro atoms. The quantitative estimate of drug-likeness (QED) is 0.931. The van der Waals surface area contributed by atoms with E-state index in [1.807, 2.05) is 36.1 Å². The Bertz CT molecular complexity index is 441. The second kappa shape index (κ2) is 6.95. The molecule has 1 fully saturated rings. The van der Waals surface area contributed by atoms with Gasteiger partial charge < -0.3 is 15.1 Å². The first-order valence-corrected chi connectivity index (χ1v) is 7.51. The predicted octanol–water partition coefficient (Wildman–Crippen LogP) is 2.75. The fourth-order valence-electron chi connectivity index (χ4n) is 2.38. The minimum absolute atomic E-state index is 0.0102. The van der Waals surface area contributed by atoms with Gasteiger partial charge in [-0.2, -0.15) is 0 Å². The van der Waals surface area contributed by atoms with E-state index in [1.54, 1.807) is 0 Å². The summed E-state index contributed by atoms with van der Waals surface area (Å²) in [7, 11) is 0. The Balaban J connectivity index is 1.86. The van der Waals surface area contributed by atoms with Crippen LogP contribution >= 0.6 is 11.6 Å². The molecule has 0 aromatic heterocycles. The van der Waals surface area contributed by atoms with Gasteiger partial charge in [-0.05, 0) is 31.2 Å². The van der Waals surface area contributed by atoms with Crippen molar-refractivity contribution >= 4 is 17.6 Å². The summed E-state index contributed by atoms with van der Waals surface area (Å²) in [6, 6.07) is 7.59. The first-order chi connectivity index (χ1) is 9.60. The Morgan fingerprint density at radius 1 is 1.25 bits per heavy atom. The van der Waals surface area contributed by atoms with Gasteiger partial charge >= 0.3 is 6.03 Å². The highest BCUT2D eigenvalue weighted by atomic mass is 35.5. The van der Waals surface area contributed by atoms with E-state index in [-0.39, 0.29) is 12.1 Å². The molecule has 1 atom stereocenters. The summed E-state index contributed by atoms with van der Waals surface area (Å²) < 4.78 is 0. The maximum absolute atomic E-state index is 12.2. The number of rotatable bonds is 3. The lowest BCUT2D eigenvalue weighted by atomic mass is 10.1. The molecule has 1 N–H and O–H groups in total. The van der Waals surface area contributed by atoms with Crippen LogP contribution in [0.3, 0.4) is 0 Å². The first kappa shape index (κ1) is 15.1. The average Bonchev–Trinajstić information content (AvgIpc) is 2.48. The molecule has 1 unspecified atom stereocenters. The Labute approximate surface area is 125 Å². The van der Waals surface area contributed by atoms with E-state index >= 15 is 0 Å². The molecule has 110 valence electrons. The van der Waals surface area contributed by atoms with Crippen LogP contribution in [0.15, 0.2) is 24.3 Å². The molecule has 1 aromatic carbocycles. The van der Waals surface area contributed by atoms with Crippen molar-refractivity contribution in [3.8, 4) is 0 Å². The van der Waals surface area contributed by atoms with E-state index in [0.29, 0.717) is 5.02 Å². The second-order valence-electron chi connectivity index (χ2n) is 5.14. The molecule has 1 aliphatic heterocycles. The third kappa shape index (κ3) is 3.87. The van der Waals surface area contributed by atoms with Gasteiger partial charge in [0.1, 0.15) is 0 Å². The molecule has 1 saturated heterocycles. The third-order valence-electron chi connectivity index (χ3n) is 3.82. The third-order valence-corrected chi connectivity index (χ3v) is 4.07. The summed E-state index contributed by atoms with van der Waals surface area (Å²) >= 11 is 5.87. The lowest BCUT2D eigenvalue weighted by molar-refractivity contribution is 0.141. The van der Waals surface area contributed by atoms with E-state index in [0.717, 1.165) is 38.3 Å². The number of amides is 2. The van der Waals surface area contributed by atoms with Gasteiger partial charge in [0.15, 0.2) is 0 Å². The molecule has 20 heavy (non-hydrogen) atoms. The minimum Gasteiger partial charge on any atom is -0.331 e. The summed E-state index contributed by atoms with van der Waals surface area (Å²) in [6.07, 6.45) is 0. The van der Waals surface area contributed by atoms with Crippen molar-refractivity contribution in [3.05, 3.63) is 34.9 Å². The molecule has 1 aliphatic rings. The molecular formula is C15H22ClN3O. The van der Waals surface area contributed by atoms with Crippen molar-refractivity contribution in [1.29, 1.82) is 0 Å². The normalized spacial score (nSPS) is 17.9. The number of carbonyl (C=O) groups is 1. The lowest BCUT2D eigenvalue weighted by Gasteiger charge is -2.34. The van der Waals surface area contributed by atoms with Crippen LogP contribution in [0.1, 0.15) is 25.5 Å². The van der Waals surface area contributed by atoms with Crippen LogP contribution < -0.4 is 5.32 Å². The smallest absolute Gasteiger partial charge is 0.317 e. The van der Waals surface area contributed by atoms with E-state index in [1.165, 1.54) is 0 Å². The van der Waals surface area contributed by atoms with Crippen LogP contribution in [0.4, 0.5) is 4.79 Å². The van der Waals surface area contributed by atoms with Gasteiger partial charge in [0.25, 0.3) is 0 Å². The Hall–Kier alpha value is -1.26. The number of nitrogens with one attached hydrogen (secondary N) is 1. The van der Waals surface area contributed by atoms with Crippen molar-refractivity contribution in [2.75, 3.05) is 32.7 Å². The highest BCUT2D eigenvalue weighted by molar-refractivity contribution is 6.30. The minimum atomic E-state index is -0.0102. The molecule has 2 amide bonds. The zero-order valence-electron chi connectivity index (χ0n) is 12.1. The number of benzene rings is 1. The van der Waals surface area contributed by atoms with E-state index in [2.05, 4.69) is 17.1 Å². The van der Waals surface area contributed by atoms with E-state index in [9.17, 15) is 4.79 Å². The zero-order chi connectivity index (χ0) is 14.5.